The van der Waals surface area contributed by atoms with Crippen LogP contribution in [-0.2, 0) is 17.6 Å². The summed E-state index contributed by atoms with van der Waals surface area (Å²) in [5.41, 5.74) is 3.11. The predicted octanol–water partition coefficient (Wildman–Crippen LogP) is 3.24. The summed E-state index contributed by atoms with van der Waals surface area (Å²) in [6.45, 7) is 7.41. The highest BCUT2D eigenvalue weighted by Gasteiger charge is 2.04. The molecule has 0 atom stereocenters. The van der Waals surface area contributed by atoms with Gasteiger partial charge in [-0.1, -0.05) is 30.4 Å². The van der Waals surface area contributed by atoms with E-state index >= 15 is 0 Å². The number of carboxylic acids is 1. The van der Waals surface area contributed by atoms with E-state index in [1.807, 2.05) is 30.4 Å². The van der Waals surface area contributed by atoms with Gasteiger partial charge in [-0.2, -0.15) is 0 Å². The van der Waals surface area contributed by atoms with E-state index in [9.17, 15) is 4.79 Å². The molecule has 0 aliphatic heterocycles. The molecule has 2 nitrogen and oxygen atoms in total. The van der Waals surface area contributed by atoms with Gasteiger partial charge >= 0.3 is 5.97 Å². The number of benzene rings is 1. The van der Waals surface area contributed by atoms with E-state index in [4.69, 9.17) is 5.11 Å². The largest absolute Gasteiger partial charge is 0.478 e. The average molecular weight is 228 g/mol. The topological polar surface area (TPSA) is 37.3 Å². The highest BCUT2D eigenvalue weighted by atomic mass is 16.4. The molecule has 0 radical (unpaired) electrons. The van der Waals surface area contributed by atoms with Gasteiger partial charge in [-0.15, -0.1) is 13.2 Å². The normalized spacial score (nSPS) is 10.4. The fourth-order valence-electron chi connectivity index (χ4n) is 1.70. The van der Waals surface area contributed by atoms with Crippen LogP contribution in [0.5, 0.6) is 0 Å². The van der Waals surface area contributed by atoms with Crippen molar-refractivity contribution < 1.29 is 9.90 Å². The van der Waals surface area contributed by atoms with Gasteiger partial charge in [-0.25, -0.2) is 4.79 Å². The molecule has 0 unspecified atom stereocenters. The molecule has 0 aliphatic carbocycles. The van der Waals surface area contributed by atoms with E-state index in [-0.39, 0.29) is 0 Å². The zero-order chi connectivity index (χ0) is 12.7. The molecular weight excluding hydrogens is 212 g/mol. The lowest BCUT2D eigenvalue weighted by Crippen LogP contribution is -1.95. The first-order valence-corrected chi connectivity index (χ1v) is 5.42. The zero-order valence-corrected chi connectivity index (χ0v) is 9.73. The second kappa shape index (κ2) is 6.48. The summed E-state index contributed by atoms with van der Waals surface area (Å²) in [5.74, 6) is -0.942. The maximum absolute atomic E-state index is 10.6. The molecule has 17 heavy (non-hydrogen) atoms. The van der Waals surface area contributed by atoms with Crippen molar-refractivity contribution in [2.45, 2.75) is 12.8 Å². The molecule has 0 amide bonds. The minimum atomic E-state index is -0.942. The molecule has 0 heterocycles. The van der Waals surface area contributed by atoms with Gasteiger partial charge in [0.25, 0.3) is 0 Å². The van der Waals surface area contributed by atoms with Crippen LogP contribution in [0, 0.1) is 0 Å². The zero-order valence-electron chi connectivity index (χ0n) is 9.73. The lowest BCUT2D eigenvalue weighted by Gasteiger charge is -2.09. The lowest BCUT2D eigenvalue weighted by atomic mass is 9.96. The van der Waals surface area contributed by atoms with Crippen molar-refractivity contribution in [1.82, 2.24) is 0 Å². The van der Waals surface area contributed by atoms with Crippen molar-refractivity contribution in [2.24, 2.45) is 0 Å². The molecule has 0 aromatic heterocycles. The quantitative estimate of drug-likeness (QED) is 0.599. The van der Waals surface area contributed by atoms with E-state index in [0.717, 1.165) is 35.6 Å². The van der Waals surface area contributed by atoms with Gasteiger partial charge in [0, 0.05) is 6.08 Å². The maximum atomic E-state index is 10.6. The van der Waals surface area contributed by atoms with Crippen LogP contribution in [0.3, 0.4) is 0 Å². The molecule has 1 rings (SSSR count). The third-order valence-electron chi connectivity index (χ3n) is 2.41. The molecule has 0 bridgehead atoms. The van der Waals surface area contributed by atoms with Crippen LogP contribution in [-0.4, -0.2) is 11.1 Å². The maximum Gasteiger partial charge on any atom is 0.328 e. The number of hydrogen-bond acceptors (Lipinski definition) is 1. The molecule has 0 fully saturated rings. The lowest BCUT2D eigenvalue weighted by molar-refractivity contribution is -0.131. The van der Waals surface area contributed by atoms with Crippen molar-refractivity contribution in [3.63, 3.8) is 0 Å². The SMILES string of the molecule is C=CCc1cccc(CC=C)c1C=CC(=O)O. The monoisotopic (exact) mass is 228 g/mol. The number of carboxylic acid groups (broad SMARTS) is 1. The van der Waals surface area contributed by atoms with Crippen LogP contribution in [0.2, 0.25) is 0 Å². The Kier molecular flexibility index (Phi) is 4.95. The van der Waals surface area contributed by atoms with Crippen molar-refractivity contribution in [3.05, 3.63) is 66.3 Å². The van der Waals surface area contributed by atoms with Gasteiger partial charge in [0.15, 0.2) is 0 Å². The second-order valence-electron chi connectivity index (χ2n) is 3.65. The Morgan fingerprint density at radius 1 is 1.18 bits per heavy atom. The van der Waals surface area contributed by atoms with E-state index in [2.05, 4.69) is 13.2 Å². The molecule has 0 saturated heterocycles. The van der Waals surface area contributed by atoms with Crippen LogP contribution in [0.1, 0.15) is 16.7 Å². The minimum Gasteiger partial charge on any atom is -0.478 e. The Morgan fingerprint density at radius 3 is 2.12 bits per heavy atom. The van der Waals surface area contributed by atoms with Gasteiger partial charge in [0.2, 0.25) is 0 Å². The first-order chi connectivity index (χ1) is 8.19. The molecular formula is C15H16O2. The fraction of sp³-hybridized carbons (Fsp3) is 0.133. The summed E-state index contributed by atoms with van der Waals surface area (Å²) in [6, 6.07) is 5.93. The number of carbonyl (C=O) groups is 1. The second-order valence-corrected chi connectivity index (χ2v) is 3.65. The van der Waals surface area contributed by atoms with Crippen LogP contribution >= 0.6 is 0 Å². The Bertz CT molecular complexity index is 428. The highest BCUT2D eigenvalue weighted by Crippen LogP contribution is 2.19. The number of hydrogen-bond donors (Lipinski definition) is 1. The number of aliphatic carboxylic acids is 1. The van der Waals surface area contributed by atoms with Crippen molar-refractivity contribution >= 4 is 12.0 Å². The predicted molar refractivity (Wildman–Crippen MR) is 70.9 cm³/mol. The van der Waals surface area contributed by atoms with E-state index in [0.29, 0.717) is 0 Å². The van der Waals surface area contributed by atoms with Gasteiger partial charge in [-0.3, -0.25) is 0 Å². The van der Waals surface area contributed by atoms with Crippen LogP contribution in [0.4, 0.5) is 0 Å². The van der Waals surface area contributed by atoms with Crippen LogP contribution in [0.25, 0.3) is 6.08 Å². The minimum absolute atomic E-state index is 0.726. The van der Waals surface area contributed by atoms with Crippen molar-refractivity contribution in [3.8, 4) is 0 Å². The summed E-state index contributed by atoms with van der Waals surface area (Å²) >= 11 is 0. The Labute approximate surface area is 102 Å². The van der Waals surface area contributed by atoms with Crippen molar-refractivity contribution in [2.75, 3.05) is 0 Å². The highest BCUT2D eigenvalue weighted by molar-refractivity contribution is 5.86. The number of rotatable bonds is 6. The summed E-state index contributed by atoms with van der Waals surface area (Å²) < 4.78 is 0. The van der Waals surface area contributed by atoms with Gasteiger partial charge in [0.1, 0.15) is 0 Å². The number of allylic oxidation sites excluding steroid dienone is 2. The fourth-order valence-corrected chi connectivity index (χ4v) is 1.70. The Balaban J connectivity index is 3.21. The Hall–Kier alpha value is -2.09. The third-order valence-corrected chi connectivity index (χ3v) is 2.41. The summed E-state index contributed by atoms with van der Waals surface area (Å²) in [5, 5.41) is 8.69. The van der Waals surface area contributed by atoms with Crippen molar-refractivity contribution in [1.29, 1.82) is 0 Å². The molecule has 1 N–H and O–H groups in total. The molecule has 0 aliphatic rings. The standard InChI is InChI=1S/C15H16O2/c1-3-6-12-8-5-9-13(7-4-2)14(12)10-11-15(16)17/h3-5,8-11H,1-2,6-7H2,(H,16,17). The average Bonchev–Trinajstić information content (AvgIpc) is 2.29. The van der Waals surface area contributed by atoms with E-state index in [1.165, 1.54) is 0 Å². The molecule has 2 heteroatoms. The van der Waals surface area contributed by atoms with Crippen LogP contribution in [0.15, 0.2) is 49.6 Å². The Morgan fingerprint density at radius 2 is 1.71 bits per heavy atom. The van der Waals surface area contributed by atoms with Gasteiger partial charge in [0.05, 0.1) is 0 Å². The summed E-state index contributed by atoms with van der Waals surface area (Å²) in [4.78, 5) is 10.6. The molecule has 1 aromatic rings. The molecule has 88 valence electrons. The molecule has 1 aromatic carbocycles. The summed E-state index contributed by atoms with van der Waals surface area (Å²) in [7, 11) is 0. The third kappa shape index (κ3) is 3.76. The van der Waals surface area contributed by atoms with E-state index < -0.39 is 5.97 Å². The van der Waals surface area contributed by atoms with Gasteiger partial charge < -0.3 is 5.11 Å². The van der Waals surface area contributed by atoms with Crippen LogP contribution < -0.4 is 0 Å². The van der Waals surface area contributed by atoms with Gasteiger partial charge in [-0.05, 0) is 35.6 Å². The smallest absolute Gasteiger partial charge is 0.328 e. The summed E-state index contributed by atoms with van der Waals surface area (Å²) in [6.07, 6.45) is 7.87. The molecule has 0 spiro atoms. The first kappa shape index (κ1) is 13.0. The molecule has 0 saturated carbocycles. The van der Waals surface area contributed by atoms with E-state index in [1.54, 1.807) is 6.08 Å². The first-order valence-electron chi connectivity index (χ1n) is 5.42.